The quantitative estimate of drug-likeness (QED) is 0.740. The molecular formula is C18H16N2O3. The Balaban J connectivity index is 2.20. The highest BCUT2D eigenvalue weighted by Gasteiger charge is 2.24. The van der Waals surface area contributed by atoms with Gasteiger partial charge >= 0.3 is 5.97 Å². The van der Waals surface area contributed by atoms with Crippen LogP contribution >= 0.6 is 0 Å². The number of hydrogen-bond acceptors (Lipinski definition) is 3. The van der Waals surface area contributed by atoms with E-state index in [9.17, 15) is 9.59 Å². The fourth-order valence-electron chi connectivity index (χ4n) is 3.26. The average molecular weight is 308 g/mol. The van der Waals surface area contributed by atoms with E-state index in [-0.39, 0.29) is 11.9 Å². The number of H-pyrrole nitrogens is 1. The van der Waals surface area contributed by atoms with Crippen LogP contribution in [0.15, 0.2) is 36.4 Å². The predicted octanol–water partition coefficient (Wildman–Crippen LogP) is 2.55. The van der Waals surface area contributed by atoms with Crippen molar-refractivity contribution in [3.63, 3.8) is 0 Å². The van der Waals surface area contributed by atoms with E-state index in [1.807, 2.05) is 36.4 Å². The van der Waals surface area contributed by atoms with Crippen molar-refractivity contribution in [2.75, 3.05) is 6.61 Å². The highest BCUT2D eigenvalue weighted by molar-refractivity contribution is 6.14. The third-order valence-electron chi connectivity index (χ3n) is 4.25. The third-order valence-corrected chi connectivity index (χ3v) is 4.25. The van der Waals surface area contributed by atoms with E-state index in [0.717, 1.165) is 21.8 Å². The molecule has 1 N–H and O–H groups in total. The van der Waals surface area contributed by atoms with E-state index in [4.69, 9.17) is 4.74 Å². The molecule has 0 aliphatic carbocycles. The maximum atomic E-state index is 12.5. The van der Waals surface area contributed by atoms with Crippen LogP contribution in [-0.2, 0) is 9.53 Å². The number of aromatic amines is 1. The first-order valence-electron chi connectivity index (χ1n) is 7.72. The van der Waals surface area contributed by atoms with Crippen molar-refractivity contribution in [1.82, 2.24) is 9.55 Å². The first-order valence-corrected chi connectivity index (χ1v) is 7.72. The molecule has 0 unspecified atom stereocenters. The highest BCUT2D eigenvalue weighted by atomic mass is 16.5. The summed E-state index contributed by atoms with van der Waals surface area (Å²) in [5.41, 5.74) is 2.78. The van der Waals surface area contributed by atoms with Crippen molar-refractivity contribution < 1.29 is 14.3 Å². The smallest absolute Gasteiger partial charge is 0.337 e. The van der Waals surface area contributed by atoms with Crippen molar-refractivity contribution in [3.8, 4) is 0 Å². The van der Waals surface area contributed by atoms with Crippen LogP contribution in [0, 0.1) is 0 Å². The van der Waals surface area contributed by atoms with Crippen molar-refractivity contribution >= 4 is 39.3 Å². The maximum absolute atomic E-state index is 12.5. The Labute approximate surface area is 132 Å². The Morgan fingerprint density at radius 3 is 2.78 bits per heavy atom. The lowest BCUT2D eigenvalue weighted by atomic mass is 10.0. The molecule has 0 bridgehead atoms. The molecule has 5 heteroatoms. The van der Waals surface area contributed by atoms with E-state index < -0.39 is 0 Å². The van der Waals surface area contributed by atoms with E-state index in [1.165, 1.54) is 0 Å². The lowest BCUT2D eigenvalue weighted by molar-refractivity contribution is -0.136. The molecule has 0 amide bonds. The summed E-state index contributed by atoms with van der Waals surface area (Å²) in [4.78, 5) is 28.0. The fraction of sp³-hybridized carbons (Fsp3) is 0.222. The lowest BCUT2D eigenvalue weighted by Gasteiger charge is -2.20. The first kappa shape index (κ1) is 13.8. The number of aromatic nitrogens is 2. The summed E-state index contributed by atoms with van der Waals surface area (Å²) in [6.45, 7) is 2.09. The van der Waals surface area contributed by atoms with Gasteiger partial charge in [0.1, 0.15) is 5.48 Å². The van der Waals surface area contributed by atoms with Gasteiger partial charge in [0.2, 0.25) is 5.91 Å². The van der Waals surface area contributed by atoms with Gasteiger partial charge in [0.05, 0.1) is 17.7 Å². The largest absolute Gasteiger partial charge is 0.463 e. The Kier molecular flexibility index (Phi) is 3.08. The molecule has 116 valence electrons. The number of fused-ring (bicyclic) bond motifs is 2. The van der Waals surface area contributed by atoms with E-state index in [1.54, 1.807) is 11.5 Å². The number of nitrogens with one attached hydrogen (secondary N) is 1. The molecule has 0 saturated carbocycles. The van der Waals surface area contributed by atoms with E-state index in [2.05, 4.69) is 4.98 Å². The van der Waals surface area contributed by atoms with Crippen molar-refractivity contribution in [1.29, 1.82) is 0 Å². The van der Waals surface area contributed by atoms with Gasteiger partial charge in [0.15, 0.2) is 0 Å². The molecule has 4 rings (SSSR count). The topological polar surface area (TPSA) is 64.1 Å². The van der Waals surface area contributed by atoms with Crippen LogP contribution < -0.4 is 5.48 Å². The first-order chi connectivity index (χ1) is 11.2. The minimum absolute atomic E-state index is 0.0115. The summed E-state index contributed by atoms with van der Waals surface area (Å²) in [6, 6.07) is 11.8. The number of rotatable bonds is 2. The molecular weight excluding hydrogens is 292 g/mol. The summed E-state index contributed by atoms with van der Waals surface area (Å²) in [7, 11) is 0. The SMILES string of the molecule is CCOC(=O)C1=c2[nH]c3cccc4cccc(c43)n2C(=O)CC1. The molecule has 3 aromatic rings. The fourth-order valence-corrected chi connectivity index (χ4v) is 3.26. The third kappa shape index (κ3) is 2.00. The molecule has 1 aromatic heterocycles. The Morgan fingerprint density at radius 2 is 2.00 bits per heavy atom. The molecule has 0 fully saturated rings. The monoisotopic (exact) mass is 308 g/mol. The average Bonchev–Trinajstić information content (AvgIpc) is 2.55. The lowest BCUT2D eigenvalue weighted by Crippen LogP contribution is -2.38. The molecule has 2 aromatic carbocycles. The van der Waals surface area contributed by atoms with Crippen LogP contribution in [0.3, 0.4) is 0 Å². The number of ether oxygens (including phenoxy) is 1. The summed E-state index contributed by atoms with van der Waals surface area (Å²) in [5.74, 6) is -0.374. The van der Waals surface area contributed by atoms with Crippen LogP contribution in [0.25, 0.3) is 27.4 Å². The van der Waals surface area contributed by atoms with Crippen LogP contribution in [0.4, 0.5) is 0 Å². The number of benzene rings is 2. The predicted molar refractivity (Wildman–Crippen MR) is 87.7 cm³/mol. The molecule has 0 atom stereocenters. The van der Waals surface area contributed by atoms with Gasteiger partial charge < -0.3 is 9.72 Å². The zero-order valence-corrected chi connectivity index (χ0v) is 12.8. The second kappa shape index (κ2) is 5.12. The Morgan fingerprint density at radius 1 is 1.22 bits per heavy atom. The number of carbonyl (C=O) groups is 2. The van der Waals surface area contributed by atoms with Gasteiger partial charge in [-0.05, 0) is 30.9 Å². The summed E-state index contributed by atoms with van der Waals surface area (Å²) >= 11 is 0. The minimum Gasteiger partial charge on any atom is -0.463 e. The molecule has 23 heavy (non-hydrogen) atoms. The number of carbonyl (C=O) groups excluding carboxylic acids is 2. The van der Waals surface area contributed by atoms with Gasteiger partial charge in [0, 0.05) is 17.3 Å². The van der Waals surface area contributed by atoms with E-state index >= 15 is 0 Å². The Bertz CT molecular complexity index is 1020. The van der Waals surface area contributed by atoms with Gasteiger partial charge in [-0.25, -0.2) is 4.79 Å². The summed E-state index contributed by atoms with van der Waals surface area (Å²) in [5, 5.41) is 2.06. The van der Waals surface area contributed by atoms with Crippen LogP contribution in [0.2, 0.25) is 0 Å². The second-order valence-electron chi connectivity index (χ2n) is 5.58. The van der Waals surface area contributed by atoms with Crippen LogP contribution in [0.5, 0.6) is 0 Å². The molecule has 0 radical (unpaired) electrons. The molecule has 2 heterocycles. The number of hydrogen-bond donors (Lipinski definition) is 1. The highest BCUT2D eigenvalue weighted by Crippen LogP contribution is 2.25. The standard InChI is InChI=1S/C18H16N2O3/c1-2-23-18(22)12-9-10-15(21)20-14-8-4-6-11-5-3-7-13(16(11)14)19-17(12)20/h3-8,19H,2,9-10H2,1H3. The molecule has 0 saturated heterocycles. The van der Waals surface area contributed by atoms with E-state index in [0.29, 0.717) is 30.5 Å². The number of esters is 1. The van der Waals surface area contributed by atoms with Crippen LogP contribution in [0.1, 0.15) is 24.6 Å². The van der Waals surface area contributed by atoms with Crippen molar-refractivity contribution in [3.05, 3.63) is 41.9 Å². The minimum atomic E-state index is -0.362. The molecule has 1 aliphatic heterocycles. The molecule has 5 nitrogen and oxygen atoms in total. The van der Waals surface area contributed by atoms with Crippen molar-refractivity contribution in [2.45, 2.75) is 19.8 Å². The summed E-state index contributed by atoms with van der Waals surface area (Å²) in [6.07, 6.45) is 0.701. The van der Waals surface area contributed by atoms with Gasteiger partial charge in [-0.1, -0.05) is 24.3 Å². The summed E-state index contributed by atoms with van der Waals surface area (Å²) < 4.78 is 6.77. The van der Waals surface area contributed by atoms with Gasteiger partial charge in [0.25, 0.3) is 0 Å². The number of nitrogens with zero attached hydrogens (tertiary/aromatic N) is 1. The Hall–Kier alpha value is -2.82. The van der Waals surface area contributed by atoms with Crippen LogP contribution in [-0.4, -0.2) is 28.0 Å². The molecule has 1 aliphatic rings. The van der Waals surface area contributed by atoms with Gasteiger partial charge in [-0.3, -0.25) is 9.36 Å². The molecule has 0 spiro atoms. The zero-order valence-electron chi connectivity index (χ0n) is 12.8. The van der Waals surface area contributed by atoms with Gasteiger partial charge in [-0.2, -0.15) is 0 Å². The normalized spacial score (nSPS) is 14.3. The van der Waals surface area contributed by atoms with Gasteiger partial charge in [-0.15, -0.1) is 0 Å². The maximum Gasteiger partial charge on any atom is 0.337 e. The second-order valence-corrected chi connectivity index (χ2v) is 5.58. The van der Waals surface area contributed by atoms with Crippen molar-refractivity contribution in [2.24, 2.45) is 0 Å². The zero-order chi connectivity index (χ0) is 16.0.